The first-order valence-corrected chi connectivity index (χ1v) is 9.21. The summed E-state index contributed by atoms with van der Waals surface area (Å²) in [6.07, 6.45) is -0.431. The third-order valence-electron chi connectivity index (χ3n) is 3.91. The fourth-order valence-corrected chi connectivity index (χ4v) is 2.37. The molecule has 0 rings (SSSR count). The molecule has 2 atom stereocenters. The predicted molar refractivity (Wildman–Crippen MR) is 91.6 cm³/mol. The second-order valence-corrected chi connectivity index (χ2v) is 6.37. The van der Waals surface area contributed by atoms with Crippen molar-refractivity contribution in [2.24, 2.45) is 0 Å². The Kier molecular flexibility index (Phi) is 13.9. The standard InChI is InChI=1S/C18H28F2O7/c19-13(9-5-1-3-7-11-15(21)22)17(25)27-18(26)14(20)10-6-2-4-8-12-16(23)24/h13-14H,1-12H2,(H,21,22)(H,23,24). The van der Waals surface area contributed by atoms with E-state index in [4.69, 9.17) is 10.2 Å². The van der Waals surface area contributed by atoms with Crippen LogP contribution in [0.25, 0.3) is 0 Å². The van der Waals surface area contributed by atoms with E-state index in [9.17, 15) is 28.0 Å². The molecule has 2 unspecified atom stereocenters. The molecule has 0 radical (unpaired) electrons. The van der Waals surface area contributed by atoms with Crippen LogP contribution in [0.5, 0.6) is 0 Å². The van der Waals surface area contributed by atoms with Gasteiger partial charge < -0.3 is 14.9 Å². The number of halogens is 2. The molecule has 27 heavy (non-hydrogen) atoms. The van der Waals surface area contributed by atoms with Gasteiger partial charge in [-0.15, -0.1) is 0 Å². The lowest BCUT2D eigenvalue weighted by Gasteiger charge is -2.10. The Balaban J connectivity index is 3.82. The fraction of sp³-hybridized carbons (Fsp3) is 0.778. The molecule has 0 aromatic heterocycles. The molecular weight excluding hydrogens is 366 g/mol. The van der Waals surface area contributed by atoms with Gasteiger partial charge in [-0.3, -0.25) is 9.59 Å². The van der Waals surface area contributed by atoms with Crippen LogP contribution in [0.1, 0.15) is 77.0 Å². The highest BCUT2D eigenvalue weighted by Crippen LogP contribution is 2.14. The van der Waals surface area contributed by atoms with Crippen molar-refractivity contribution in [2.75, 3.05) is 0 Å². The number of hydrogen-bond acceptors (Lipinski definition) is 5. The average Bonchev–Trinajstić information content (AvgIpc) is 2.59. The van der Waals surface area contributed by atoms with Gasteiger partial charge in [-0.2, -0.15) is 0 Å². The minimum Gasteiger partial charge on any atom is -0.481 e. The van der Waals surface area contributed by atoms with Gasteiger partial charge in [0.05, 0.1) is 0 Å². The third-order valence-corrected chi connectivity index (χ3v) is 3.91. The highest BCUT2D eigenvalue weighted by molar-refractivity contribution is 5.89. The summed E-state index contributed by atoms with van der Waals surface area (Å²) < 4.78 is 31.5. The zero-order valence-corrected chi connectivity index (χ0v) is 15.3. The van der Waals surface area contributed by atoms with Crippen molar-refractivity contribution >= 4 is 23.9 Å². The second kappa shape index (κ2) is 15.0. The zero-order valence-electron chi connectivity index (χ0n) is 15.3. The van der Waals surface area contributed by atoms with Crippen molar-refractivity contribution in [1.82, 2.24) is 0 Å². The maximum Gasteiger partial charge on any atom is 0.348 e. The number of esters is 2. The molecule has 0 spiro atoms. The molecule has 0 aromatic carbocycles. The molecule has 156 valence electrons. The van der Waals surface area contributed by atoms with Gasteiger partial charge >= 0.3 is 23.9 Å². The van der Waals surface area contributed by atoms with E-state index < -0.39 is 36.2 Å². The maximum absolute atomic E-state index is 13.6. The Hall–Kier alpha value is -2.06. The average molecular weight is 394 g/mol. The third kappa shape index (κ3) is 14.8. The molecule has 0 saturated heterocycles. The smallest absolute Gasteiger partial charge is 0.348 e. The number of carbonyl (C=O) groups excluding carboxylic acids is 2. The number of aliphatic carboxylic acids is 2. The molecule has 0 aliphatic carbocycles. The van der Waals surface area contributed by atoms with E-state index in [0.717, 1.165) is 0 Å². The van der Waals surface area contributed by atoms with Crippen molar-refractivity contribution in [3.05, 3.63) is 0 Å². The van der Waals surface area contributed by atoms with Crippen molar-refractivity contribution in [3.63, 3.8) is 0 Å². The van der Waals surface area contributed by atoms with Crippen LogP contribution in [-0.2, 0) is 23.9 Å². The van der Waals surface area contributed by atoms with E-state index >= 15 is 0 Å². The Morgan fingerprint density at radius 3 is 1.30 bits per heavy atom. The number of rotatable bonds is 16. The number of unbranched alkanes of at least 4 members (excludes halogenated alkanes) is 6. The number of carbonyl (C=O) groups is 4. The van der Waals surface area contributed by atoms with Crippen LogP contribution < -0.4 is 0 Å². The summed E-state index contributed by atoms with van der Waals surface area (Å²) in [7, 11) is 0. The maximum atomic E-state index is 13.6. The molecule has 9 heteroatoms. The van der Waals surface area contributed by atoms with Crippen LogP contribution in [0.4, 0.5) is 8.78 Å². The van der Waals surface area contributed by atoms with Crippen LogP contribution in [0, 0.1) is 0 Å². The molecule has 7 nitrogen and oxygen atoms in total. The Morgan fingerprint density at radius 1 is 0.630 bits per heavy atom. The molecule has 0 fully saturated rings. The number of alkyl halides is 2. The van der Waals surface area contributed by atoms with Gasteiger partial charge in [-0.1, -0.05) is 25.7 Å². The molecule has 0 bridgehead atoms. The summed E-state index contributed by atoms with van der Waals surface area (Å²) in [4.78, 5) is 43.5. The number of hydrogen-bond donors (Lipinski definition) is 2. The summed E-state index contributed by atoms with van der Waals surface area (Å²) in [5.41, 5.74) is 0. The summed E-state index contributed by atoms with van der Waals surface area (Å²) in [6, 6.07) is 0. The van der Waals surface area contributed by atoms with E-state index in [1.165, 1.54) is 0 Å². The molecule has 2 N–H and O–H groups in total. The first-order chi connectivity index (χ1) is 12.7. The molecule has 0 amide bonds. The predicted octanol–water partition coefficient (Wildman–Crippen LogP) is 3.58. The Bertz CT molecular complexity index is 440. The largest absolute Gasteiger partial charge is 0.481 e. The van der Waals surface area contributed by atoms with Gasteiger partial charge in [0, 0.05) is 12.8 Å². The first-order valence-electron chi connectivity index (χ1n) is 9.21. The topological polar surface area (TPSA) is 118 Å². The summed E-state index contributed by atoms with van der Waals surface area (Å²) in [5.74, 6) is -4.62. The molecule has 0 aromatic rings. The van der Waals surface area contributed by atoms with E-state index in [-0.39, 0.29) is 25.7 Å². The fourth-order valence-electron chi connectivity index (χ4n) is 2.37. The lowest BCUT2D eigenvalue weighted by atomic mass is 10.1. The van der Waals surface area contributed by atoms with E-state index in [2.05, 4.69) is 4.74 Å². The monoisotopic (exact) mass is 394 g/mol. The number of ether oxygens (including phenoxy) is 1. The first kappa shape index (κ1) is 24.9. The van der Waals surface area contributed by atoms with Crippen molar-refractivity contribution in [3.8, 4) is 0 Å². The van der Waals surface area contributed by atoms with Gasteiger partial charge in [-0.25, -0.2) is 18.4 Å². The lowest BCUT2D eigenvalue weighted by Crippen LogP contribution is -2.27. The summed E-state index contributed by atoms with van der Waals surface area (Å²) >= 11 is 0. The number of carboxylic acid groups (broad SMARTS) is 2. The normalized spacial score (nSPS) is 13.0. The summed E-state index contributed by atoms with van der Waals surface area (Å²) in [5, 5.41) is 16.9. The highest BCUT2D eigenvalue weighted by Gasteiger charge is 2.26. The molecule has 0 aliphatic rings. The van der Waals surface area contributed by atoms with Crippen LogP contribution in [0.15, 0.2) is 0 Å². The summed E-state index contributed by atoms with van der Waals surface area (Å²) in [6.45, 7) is 0. The van der Waals surface area contributed by atoms with Crippen LogP contribution in [0.3, 0.4) is 0 Å². The molecule has 0 saturated carbocycles. The zero-order chi connectivity index (χ0) is 20.7. The Labute approximate surface area is 157 Å². The quantitative estimate of drug-likeness (QED) is 0.233. The number of carboxylic acids is 2. The van der Waals surface area contributed by atoms with Crippen LogP contribution in [-0.4, -0.2) is 46.4 Å². The molecule has 0 heterocycles. The highest BCUT2D eigenvalue weighted by atomic mass is 19.1. The van der Waals surface area contributed by atoms with Gasteiger partial charge in [0.2, 0.25) is 0 Å². The van der Waals surface area contributed by atoms with Crippen LogP contribution in [0.2, 0.25) is 0 Å². The minimum absolute atomic E-state index is 0.0348. The molecule has 0 aliphatic heterocycles. The lowest BCUT2D eigenvalue weighted by molar-refractivity contribution is -0.167. The SMILES string of the molecule is O=C(O)CCCCCCC(F)C(=O)OC(=O)C(F)CCCCCCC(=O)O. The van der Waals surface area contributed by atoms with E-state index in [1.807, 2.05) is 0 Å². The Morgan fingerprint density at radius 2 is 0.963 bits per heavy atom. The minimum atomic E-state index is -2.02. The van der Waals surface area contributed by atoms with Crippen molar-refractivity contribution in [1.29, 1.82) is 0 Å². The van der Waals surface area contributed by atoms with E-state index in [0.29, 0.717) is 51.4 Å². The van der Waals surface area contributed by atoms with Crippen molar-refractivity contribution in [2.45, 2.75) is 89.4 Å². The van der Waals surface area contributed by atoms with Gasteiger partial charge in [0.1, 0.15) is 0 Å². The second-order valence-electron chi connectivity index (χ2n) is 6.37. The van der Waals surface area contributed by atoms with E-state index in [1.54, 1.807) is 0 Å². The van der Waals surface area contributed by atoms with Gasteiger partial charge in [0.15, 0.2) is 12.3 Å². The van der Waals surface area contributed by atoms with Crippen molar-refractivity contribution < 1.29 is 42.9 Å². The molecular formula is C18H28F2O7. The van der Waals surface area contributed by atoms with Gasteiger partial charge in [0.25, 0.3) is 0 Å². The van der Waals surface area contributed by atoms with Gasteiger partial charge in [-0.05, 0) is 38.5 Å². The van der Waals surface area contributed by atoms with Crippen LogP contribution >= 0.6 is 0 Å².